The molecule has 0 fully saturated rings. The number of benzene rings is 3. The molecule has 27 heavy (non-hydrogen) atoms. The fourth-order valence-electron chi connectivity index (χ4n) is 2.89. The molecule has 0 aliphatic carbocycles. The van der Waals surface area contributed by atoms with Gasteiger partial charge >= 0.3 is 0 Å². The first-order chi connectivity index (χ1) is 13.3. The topological polar surface area (TPSA) is 49.8 Å². The van der Waals surface area contributed by atoms with E-state index in [2.05, 4.69) is 32.7 Å². The SMILES string of the molecule is Clc1ccccc1CNc1nc(NCc2ccccc2)c2ccccc2n1. The number of aromatic nitrogens is 2. The number of fused-ring (bicyclic) bond motifs is 1. The van der Waals surface area contributed by atoms with E-state index in [9.17, 15) is 0 Å². The first-order valence-electron chi connectivity index (χ1n) is 8.81. The zero-order valence-electron chi connectivity index (χ0n) is 14.7. The molecule has 4 rings (SSSR count). The number of halogens is 1. The first kappa shape index (κ1) is 17.3. The molecule has 4 nitrogen and oxygen atoms in total. The molecule has 0 radical (unpaired) electrons. The summed E-state index contributed by atoms with van der Waals surface area (Å²) in [4.78, 5) is 9.31. The lowest BCUT2D eigenvalue weighted by Gasteiger charge is -2.12. The van der Waals surface area contributed by atoms with E-state index in [0.29, 0.717) is 19.0 Å². The van der Waals surface area contributed by atoms with Gasteiger partial charge in [-0.2, -0.15) is 4.98 Å². The van der Waals surface area contributed by atoms with Gasteiger partial charge in [-0.3, -0.25) is 0 Å². The lowest BCUT2D eigenvalue weighted by atomic mass is 10.2. The predicted molar refractivity (Wildman–Crippen MR) is 112 cm³/mol. The van der Waals surface area contributed by atoms with Gasteiger partial charge in [0.25, 0.3) is 0 Å². The maximum atomic E-state index is 6.24. The van der Waals surface area contributed by atoms with Crippen LogP contribution >= 0.6 is 11.6 Å². The number of hydrogen-bond donors (Lipinski definition) is 2. The van der Waals surface area contributed by atoms with Crippen LogP contribution in [0.1, 0.15) is 11.1 Å². The molecule has 5 heteroatoms. The molecule has 0 amide bonds. The Bertz CT molecular complexity index is 1050. The van der Waals surface area contributed by atoms with Gasteiger partial charge in [0.2, 0.25) is 5.95 Å². The molecule has 1 aromatic heterocycles. The standard InChI is InChI=1S/C22H19ClN4/c23-19-12-6-4-10-17(19)15-25-22-26-20-13-7-5-11-18(20)21(27-22)24-14-16-8-2-1-3-9-16/h1-13H,14-15H2,(H2,24,25,26,27). The lowest BCUT2D eigenvalue weighted by molar-refractivity contribution is 1.05. The van der Waals surface area contributed by atoms with Crippen LogP contribution in [-0.2, 0) is 13.1 Å². The fourth-order valence-corrected chi connectivity index (χ4v) is 3.09. The molecule has 0 saturated carbocycles. The molecule has 3 aromatic carbocycles. The molecule has 4 aromatic rings. The van der Waals surface area contributed by atoms with E-state index >= 15 is 0 Å². The van der Waals surface area contributed by atoms with Crippen LogP contribution in [0.5, 0.6) is 0 Å². The van der Waals surface area contributed by atoms with Crippen molar-refractivity contribution in [1.82, 2.24) is 9.97 Å². The van der Waals surface area contributed by atoms with Crippen molar-refractivity contribution in [3.05, 3.63) is 95.0 Å². The summed E-state index contributed by atoms with van der Waals surface area (Å²) in [7, 11) is 0. The summed E-state index contributed by atoms with van der Waals surface area (Å²) < 4.78 is 0. The maximum absolute atomic E-state index is 6.24. The minimum Gasteiger partial charge on any atom is -0.365 e. The molecule has 2 N–H and O–H groups in total. The fraction of sp³-hybridized carbons (Fsp3) is 0.0909. The van der Waals surface area contributed by atoms with Gasteiger partial charge in [0.1, 0.15) is 5.82 Å². The van der Waals surface area contributed by atoms with Crippen LogP contribution in [0.2, 0.25) is 5.02 Å². The Labute approximate surface area is 163 Å². The second-order valence-corrected chi connectivity index (χ2v) is 6.60. The van der Waals surface area contributed by atoms with Crippen LogP contribution in [0.15, 0.2) is 78.9 Å². The smallest absolute Gasteiger partial charge is 0.225 e. The van der Waals surface area contributed by atoms with Gasteiger partial charge in [-0.25, -0.2) is 4.98 Å². The van der Waals surface area contributed by atoms with E-state index < -0.39 is 0 Å². The molecule has 0 saturated heterocycles. The Morgan fingerprint density at radius 1 is 0.704 bits per heavy atom. The van der Waals surface area contributed by atoms with E-state index in [1.54, 1.807) is 0 Å². The van der Waals surface area contributed by atoms with Crippen molar-refractivity contribution >= 4 is 34.3 Å². The molecule has 0 aliphatic heterocycles. The minimum atomic E-state index is 0.566. The number of hydrogen-bond acceptors (Lipinski definition) is 4. The van der Waals surface area contributed by atoms with Crippen molar-refractivity contribution in [2.24, 2.45) is 0 Å². The largest absolute Gasteiger partial charge is 0.365 e. The first-order valence-corrected chi connectivity index (χ1v) is 9.19. The maximum Gasteiger partial charge on any atom is 0.225 e. The second-order valence-electron chi connectivity index (χ2n) is 6.20. The molecule has 0 bridgehead atoms. The Kier molecular flexibility index (Phi) is 5.17. The molecular weight excluding hydrogens is 356 g/mol. The van der Waals surface area contributed by atoms with Crippen LogP contribution in [-0.4, -0.2) is 9.97 Å². The van der Waals surface area contributed by atoms with Crippen LogP contribution in [0.25, 0.3) is 10.9 Å². The molecule has 0 unspecified atom stereocenters. The summed E-state index contributed by atoms with van der Waals surface area (Å²) in [6.45, 7) is 1.27. The third-order valence-electron chi connectivity index (χ3n) is 4.30. The monoisotopic (exact) mass is 374 g/mol. The van der Waals surface area contributed by atoms with Crippen molar-refractivity contribution in [1.29, 1.82) is 0 Å². The molecule has 0 atom stereocenters. The highest BCUT2D eigenvalue weighted by molar-refractivity contribution is 6.31. The van der Waals surface area contributed by atoms with Gasteiger partial charge in [0.15, 0.2) is 0 Å². The normalized spacial score (nSPS) is 10.7. The van der Waals surface area contributed by atoms with Crippen LogP contribution in [0, 0.1) is 0 Å². The third-order valence-corrected chi connectivity index (χ3v) is 4.67. The predicted octanol–water partition coefficient (Wildman–Crippen LogP) is 5.51. The Morgan fingerprint density at radius 2 is 1.44 bits per heavy atom. The van der Waals surface area contributed by atoms with Crippen molar-refractivity contribution in [3.63, 3.8) is 0 Å². The third kappa shape index (κ3) is 4.18. The average molecular weight is 375 g/mol. The number of rotatable bonds is 6. The van der Waals surface area contributed by atoms with E-state index in [0.717, 1.165) is 27.3 Å². The van der Waals surface area contributed by atoms with Crippen molar-refractivity contribution in [2.45, 2.75) is 13.1 Å². The number of nitrogens with zero attached hydrogens (tertiary/aromatic N) is 2. The van der Waals surface area contributed by atoms with Crippen molar-refractivity contribution in [2.75, 3.05) is 10.6 Å². The number of para-hydroxylation sites is 1. The Balaban J connectivity index is 1.59. The van der Waals surface area contributed by atoms with Gasteiger partial charge < -0.3 is 10.6 Å². The van der Waals surface area contributed by atoms with Gasteiger partial charge in [0, 0.05) is 23.5 Å². The van der Waals surface area contributed by atoms with Crippen LogP contribution < -0.4 is 10.6 Å². The molecule has 1 heterocycles. The quantitative estimate of drug-likeness (QED) is 0.467. The van der Waals surface area contributed by atoms with E-state index in [1.807, 2.05) is 66.7 Å². The van der Waals surface area contributed by atoms with Gasteiger partial charge in [-0.05, 0) is 29.3 Å². The molecule has 134 valence electrons. The minimum absolute atomic E-state index is 0.566. The highest BCUT2D eigenvalue weighted by Crippen LogP contribution is 2.23. The van der Waals surface area contributed by atoms with Crippen molar-refractivity contribution < 1.29 is 0 Å². The zero-order valence-corrected chi connectivity index (χ0v) is 15.4. The summed E-state index contributed by atoms with van der Waals surface area (Å²) in [5.74, 6) is 1.38. The Morgan fingerprint density at radius 3 is 2.30 bits per heavy atom. The van der Waals surface area contributed by atoms with E-state index in [-0.39, 0.29) is 0 Å². The summed E-state index contributed by atoms with van der Waals surface area (Å²) >= 11 is 6.24. The summed E-state index contributed by atoms with van der Waals surface area (Å²) in [6.07, 6.45) is 0. The number of nitrogens with one attached hydrogen (secondary N) is 2. The molecule has 0 aliphatic rings. The van der Waals surface area contributed by atoms with E-state index in [1.165, 1.54) is 5.56 Å². The zero-order chi connectivity index (χ0) is 18.5. The van der Waals surface area contributed by atoms with E-state index in [4.69, 9.17) is 11.6 Å². The summed E-state index contributed by atoms with van der Waals surface area (Å²) in [5, 5.41) is 8.45. The van der Waals surface area contributed by atoms with Crippen LogP contribution in [0.3, 0.4) is 0 Å². The van der Waals surface area contributed by atoms with Crippen LogP contribution in [0.4, 0.5) is 11.8 Å². The van der Waals surface area contributed by atoms with Gasteiger partial charge in [-0.1, -0.05) is 72.3 Å². The van der Waals surface area contributed by atoms with Crippen molar-refractivity contribution in [3.8, 4) is 0 Å². The highest BCUT2D eigenvalue weighted by Gasteiger charge is 2.08. The summed E-state index contributed by atoms with van der Waals surface area (Å²) in [5.41, 5.74) is 3.10. The summed E-state index contributed by atoms with van der Waals surface area (Å²) in [6, 6.07) is 26.0. The second kappa shape index (κ2) is 8.06. The highest BCUT2D eigenvalue weighted by atomic mass is 35.5. The average Bonchev–Trinajstić information content (AvgIpc) is 2.72. The molecule has 0 spiro atoms. The number of anilines is 2. The van der Waals surface area contributed by atoms with Gasteiger partial charge in [0.05, 0.1) is 5.52 Å². The Hall–Kier alpha value is -3.11. The van der Waals surface area contributed by atoms with Gasteiger partial charge in [-0.15, -0.1) is 0 Å². The molecular formula is C22H19ClN4. The lowest BCUT2D eigenvalue weighted by Crippen LogP contribution is -2.08.